The van der Waals surface area contributed by atoms with Crippen molar-refractivity contribution in [1.29, 1.82) is 0 Å². The van der Waals surface area contributed by atoms with Crippen LogP contribution in [0.2, 0.25) is 0 Å². The Hall–Kier alpha value is 0.0300. The van der Waals surface area contributed by atoms with Crippen molar-refractivity contribution in [2.24, 2.45) is 11.1 Å². The standard InChI is InChI=1S/C13H26N2O2S.ClH/c1-6-17-10-7-13(14,12(10,3)4)11(16)15-9(2)8-18-5;/h9-10H,6-8,14H2,1-5H3,(H,15,16);1H. The number of halogens is 1. The molecule has 0 aromatic carbocycles. The maximum absolute atomic E-state index is 12.3. The van der Waals surface area contributed by atoms with Crippen LogP contribution in [0.15, 0.2) is 0 Å². The van der Waals surface area contributed by atoms with E-state index in [9.17, 15) is 4.79 Å². The molecular formula is C13H27ClN2O2S. The number of nitrogens with one attached hydrogen (secondary N) is 1. The Balaban J connectivity index is 0.00000324. The van der Waals surface area contributed by atoms with Crippen molar-refractivity contribution in [1.82, 2.24) is 5.32 Å². The lowest BCUT2D eigenvalue weighted by atomic mass is 9.54. The number of carbonyl (C=O) groups is 1. The van der Waals surface area contributed by atoms with Crippen LogP contribution < -0.4 is 11.1 Å². The molecule has 0 spiro atoms. The van der Waals surface area contributed by atoms with Gasteiger partial charge in [0.1, 0.15) is 5.54 Å². The van der Waals surface area contributed by atoms with Gasteiger partial charge in [0.25, 0.3) is 0 Å². The first-order chi connectivity index (χ1) is 8.29. The number of hydrogen-bond acceptors (Lipinski definition) is 4. The highest BCUT2D eigenvalue weighted by molar-refractivity contribution is 7.98. The van der Waals surface area contributed by atoms with Crippen molar-refractivity contribution in [2.45, 2.75) is 51.8 Å². The van der Waals surface area contributed by atoms with Gasteiger partial charge in [-0.1, -0.05) is 13.8 Å². The molecule has 1 aliphatic carbocycles. The Bertz CT molecular complexity index is 315. The van der Waals surface area contributed by atoms with Gasteiger partial charge in [-0.05, 0) is 20.1 Å². The summed E-state index contributed by atoms with van der Waals surface area (Å²) in [6.07, 6.45) is 2.71. The maximum Gasteiger partial charge on any atom is 0.241 e. The van der Waals surface area contributed by atoms with Crippen LogP contribution in [0.25, 0.3) is 0 Å². The Morgan fingerprint density at radius 2 is 2.16 bits per heavy atom. The van der Waals surface area contributed by atoms with Crippen LogP contribution in [-0.4, -0.2) is 42.2 Å². The molecule has 0 radical (unpaired) electrons. The summed E-state index contributed by atoms with van der Waals surface area (Å²) in [4.78, 5) is 12.3. The fraction of sp³-hybridized carbons (Fsp3) is 0.923. The van der Waals surface area contributed by atoms with Crippen LogP contribution in [-0.2, 0) is 9.53 Å². The Morgan fingerprint density at radius 3 is 2.58 bits per heavy atom. The summed E-state index contributed by atoms with van der Waals surface area (Å²) in [5.41, 5.74) is 5.17. The van der Waals surface area contributed by atoms with E-state index in [4.69, 9.17) is 10.5 Å². The predicted octanol–water partition coefficient (Wildman–Crippen LogP) is 1.81. The highest BCUT2D eigenvalue weighted by atomic mass is 35.5. The molecule has 0 aromatic rings. The average Bonchev–Trinajstić information content (AvgIpc) is 2.28. The molecule has 19 heavy (non-hydrogen) atoms. The highest BCUT2D eigenvalue weighted by Gasteiger charge is 2.62. The fourth-order valence-corrected chi connectivity index (χ4v) is 3.05. The van der Waals surface area contributed by atoms with Crippen molar-refractivity contribution in [2.75, 3.05) is 18.6 Å². The number of ether oxygens (including phenoxy) is 1. The second-order valence-electron chi connectivity index (χ2n) is 5.67. The first-order valence-electron chi connectivity index (χ1n) is 6.50. The Kier molecular flexibility index (Phi) is 7.17. The van der Waals surface area contributed by atoms with Crippen molar-refractivity contribution < 1.29 is 9.53 Å². The van der Waals surface area contributed by atoms with E-state index in [1.165, 1.54) is 0 Å². The molecular weight excluding hydrogens is 284 g/mol. The van der Waals surface area contributed by atoms with E-state index in [1.807, 2.05) is 34.0 Å². The van der Waals surface area contributed by atoms with E-state index in [1.54, 1.807) is 11.8 Å². The largest absolute Gasteiger partial charge is 0.378 e. The Labute approximate surface area is 127 Å². The van der Waals surface area contributed by atoms with Gasteiger partial charge in [-0.15, -0.1) is 12.4 Å². The number of amides is 1. The highest BCUT2D eigenvalue weighted by Crippen LogP contribution is 2.49. The molecule has 0 aromatic heterocycles. The van der Waals surface area contributed by atoms with Crippen LogP contribution >= 0.6 is 24.2 Å². The number of thioether (sulfide) groups is 1. The zero-order chi connectivity index (χ0) is 14.0. The van der Waals surface area contributed by atoms with Crippen molar-refractivity contribution >= 4 is 30.1 Å². The quantitative estimate of drug-likeness (QED) is 0.785. The lowest BCUT2D eigenvalue weighted by Crippen LogP contribution is -2.76. The van der Waals surface area contributed by atoms with Gasteiger partial charge in [0, 0.05) is 30.2 Å². The lowest BCUT2D eigenvalue weighted by Gasteiger charge is -2.57. The summed E-state index contributed by atoms with van der Waals surface area (Å²) >= 11 is 1.72. The van der Waals surface area contributed by atoms with E-state index >= 15 is 0 Å². The first-order valence-corrected chi connectivity index (χ1v) is 7.89. The molecule has 1 aliphatic rings. The molecule has 1 amide bonds. The summed E-state index contributed by atoms with van der Waals surface area (Å²) in [6, 6.07) is 0.148. The molecule has 1 rings (SSSR count). The summed E-state index contributed by atoms with van der Waals surface area (Å²) in [7, 11) is 0. The minimum Gasteiger partial charge on any atom is -0.378 e. The Morgan fingerprint density at radius 1 is 1.58 bits per heavy atom. The van der Waals surface area contributed by atoms with Crippen molar-refractivity contribution in [3.05, 3.63) is 0 Å². The fourth-order valence-electron chi connectivity index (χ4n) is 2.46. The van der Waals surface area contributed by atoms with E-state index in [-0.39, 0.29) is 35.9 Å². The molecule has 6 heteroatoms. The van der Waals surface area contributed by atoms with Crippen LogP contribution in [0.5, 0.6) is 0 Å². The minimum atomic E-state index is -0.806. The van der Waals surface area contributed by atoms with Crippen LogP contribution in [0, 0.1) is 5.41 Å². The zero-order valence-corrected chi connectivity index (χ0v) is 14.1. The summed E-state index contributed by atoms with van der Waals surface area (Å²) in [5, 5.41) is 3.00. The van der Waals surface area contributed by atoms with E-state index in [0.717, 1.165) is 5.75 Å². The number of nitrogens with two attached hydrogens (primary N) is 1. The molecule has 3 atom stereocenters. The molecule has 3 unspecified atom stereocenters. The molecule has 1 fully saturated rings. The van der Waals surface area contributed by atoms with Crippen LogP contribution in [0.1, 0.15) is 34.1 Å². The van der Waals surface area contributed by atoms with Gasteiger partial charge in [-0.3, -0.25) is 4.79 Å². The van der Waals surface area contributed by atoms with Gasteiger partial charge < -0.3 is 15.8 Å². The lowest BCUT2D eigenvalue weighted by molar-refractivity contribution is -0.171. The average molecular weight is 311 g/mol. The second-order valence-corrected chi connectivity index (χ2v) is 6.58. The van der Waals surface area contributed by atoms with Gasteiger partial charge in [0.05, 0.1) is 6.10 Å². The molecule has 0 heterocycles. The van der Waals surface area contributed by atoms with Crippen molar-refractivity contribution in [3.8, 4) is 0 Å². The van der Waals surface area contributed by atoms with Crippen LogP contribution in [0.4, 0.5) is 0 Å². The van der Waals surface area contributed by atoms with Crippen molar-refractivity contribution in [3.63, 3.8) is 0 Å². The number of rotatable bonds is 6. The molecule has 1 saturated carbocycles. The topological polar surface area (TPSA) is 64.3 Å². The SMILES string of the molecule is CCOC1CC(N)(C(=O)NC(C)CSC)C1(C)C.Cl. The summed E-state index contributed by atoms with van der Waals surface area (Å²) in [6.45, 7) is 8.65. The predicted molar refractivity (Wildman–Crippen MR) is 84.0 cm³/mol. The van der Waals surface area contributed by atoms with Gasteiger partial charge >= 0.3 is 0 Å². The summed E-state index contributed by atoms with van der Waals surface area (Å²) in [5.74, 6) is 0.849. The zero-order valence-electron chi connectivity index (χ0n) is 12.5. The second kappa shape index (κ2) is 7.16. The third-order valence-electron chi connectivity index (χ3n) is 4.03. The van der Waals surface area contributed by atoms with E-state index in [0.29, 0.717) is 13.0 Å². The molecule has 0 saturated heterocycles. The maximum atomic E-state index is 12.3. The molecule has 0 aliphatic heterocycles. The van der Waals surface area contributed by atoms with E-state index < -0.39 is 5.54 Å². The number of hydrogen-bond donors (Lipinski definition) is 2. The molecule has 114 valence electrons. The molecule has 3 N–H and O–H groups in total. The summed E-state index contributed by atoms with van der Waals surface area (Å²) < 4.78 is 5.63. The minimum absolute atomic E-state index is 0. The van der Waals surface area contributed by atoms with Gasteiger partial charge in [0.2, 0.25) is 5.91 Å². The molecule has 0 bridgehead atoms. The van der Waals surface area contributed by atoms with Gasteiger partial charge in [0.15, 0.2) is 0 Å². The monoisotopic (exact) mass is 310 g/mol. The third-order valence-corrected chi connectivity index (χ3v) is 4.86. The van der Waals surface area contributed by atoms with Gasteiger partial charge in [-0.2, -0.15) is 11.8 Å². The first kappa shape index (κ1) is 19.0. The third kappa shape index (κ3) is 3.57. The number of carbonyl (C=O) groups excluding carboxylic acids is 1. The normalized spacial score (nSPS) is 29.9. The smallest absolute Gasteiger partial charge is 0.241 e. The van der Waals surface area contributed by atoms with Crippen LogP contribution in [0.3, 0.4) is 0 Å². The van der Waals surface area contributed by atoms with Gasteiger partial charge in [-0.25, -0.2) is 0 Å². The molecule has 4 nitrogen and oxygen atoms in total. The van der Waals surface area contributed by atoms with E-state index in [2.05, 4.69) is 5.32 Å².